The average molecular weight is 1530 g/mol. The number of phenols is 4. The molecule has 8 N–H and O–H groups in total. The van der Waals surface area contributed by atoms with Gasteiger partial charge in [-0.1, -0.05) is 31.7 Å². The standard InChI is InChI=1S/C38H41N3O16.C35H42N2O12S.CH4/c1-16-35-19(40-10-9-39(36(53-3)37(40)56-35)14-25(46)57-41-23(44)7-8-24(41)45)11-26(54-16)55-21-13-38(51,22(43)15-42)12-18-28(21)34(50)30-29(32(18)48)31(47)17-5-4-6-20(52-2)27(17)33(30)49;1-16-32-19(37-10-9-36(8-5-11-50)33(46-3)34(37)49-32)12-23(47-16)48-21-14-35(44,22(39)15-38)13-18-25(21)31(43)27-26(29(18)41)28(40)17-6-4-7-20(45-2)24(17)30(27)42;/h4-6,16,19,21,26,35-37,42,48,50-51H,7-15H2,1-3H3;4,6-7,16,19,21,23,32-34,38,41,43-44,50H,5,8-15H2,1-3H3;1H4/t16-,19-,21-,26-,35+,36+,37+,38-;16-,19-,21-,23-,32+,33+,34+,35-;/m00./s1. The fourth-order valence-corrected chi connectivity index (χ4v) is 17.7. The molecular weight excluding hydrogens is 1440 g/mol. The molecule has 16 atom stereocenters. The summed E-state index contributed by atoms with van der Waals surface area (Å²) >= 11 is 4.35. The van der Waals surface area contributed by atoms with Crippen molar-refractivity contribution >= 4 is 65.1 Å². The van der Waals surface area contributed by atoms with Gasteiger partial charge < -0.3 is 93.1 Å². The van der Waals surface area contributed by atoms with Crippen LogP contribution in [0.25, 0.3) is 0 Å². The van der Waals surface area contributed by atoms with E-state index in [0.29, 0.717) is 31.1 Å². The van der Waals surface area contributed by atoms with Gasteiger partial charge in [0.1, 0.15) is 83.9 Å². The Hall–Kier alpha value is -7.98. The van der Waals surface area contributed by atoms with Crippen LogP contribution in [0.1, 0.15) is 164 Å². The number of aliphatic hydroxyl groups excluding tert-OH is 2. The van der Waals surface area contributed by atoms with Gasteiger partial charge in [0.15, 0.2) is 54.4 Å². The van der Waals surface area contributed by atoms with Gasteiger partial charge in [-0.3, -0.25) is 58.0 Å². The average Bonchev–Trinajstić information content (AvgIpc) is 1.04. The Morgan fingerprint density at radius 2 is 0.981 bits per heavy atom. The molecule has 11 aliphatic rings. The third kappa shape index (κ3) is 12.9. The van der Waals surface area contributed by atoms with Gasteiger partial charge in [0.2, 0.25) is 11.6 Å². The summed E-state index contributed by atoms with van der Waals surface area (Å²) in [5.74, 6) is -8.75. The molecule has 0 aromatic heterocycles. The first kappa shape index (κ1) is 78.2. The van der Waals surface area contributed by atoms with Gasteiger partial charge in [0.05, 0.1) is 72.0 Å². The van der Waals surface area contributed by atoms with Crippen molar-refractivity contribution in [2.45, 2.75) is 176 Å². The van der Waals surface area contributed by atoms with Gasteiger partial charge in [0, 0.05) is 144 Å². The number of hydroxylamine groups is 2. The topological polar surface area (TPSA) is 433 Å². The van der Waals surface area contributed by atoms with Crippen molar-refractivity contribution in [3.63, 3.8) is 0 Å². The second-order valence-electron chi connectivity index (χ2n) is 28.5. The quantitative estimate of drug-likeness (QED) is 0.0335. The number of ether oxygens (including phenoxy) is 10. The molecule has 108 heavy (non-hydrogen) atoms. The summed E-state index contributed by atoms with van der Waals surface area (Å²) in [5.41, 5.74) is -7.21. The number of piperazine rings is 2. The Labute approximate surface area is 624 Å². The number of nitrogens with zero attached hydrogens (tertiary/aromatic N) is 5. The van der Waals surface area contributed by atoms with Crippen LogP contribution in [0.15, 0.2) is 36.4 Å². The molecule has 0 saturated carbocycles. The van der Waals surface area contributed by atoms with Gasteiger partial charge >= 0.3 is 5.97 Å². The summed E-state index contributed by atoms with van der Waals surface area (Å²) in [6, 6.07) is 8.31. The predicted molar refractivity (Wildman–Crippen MR) is 371 cm³/mol. The first-order valence-corrected chi connectivity index (χ1v) is 35.9. The summed E-state index contributed by atoms with van der Waals surface area (Å²) < 4.78 is 60.9. The van der Waals surface area contributed by atoms with E-state index in [2.05, 4.69) is 22.4 Å². The molecule has 0 bridgehead atoms. The molecule has 7 fully saturated rings. The fourth-order valence-electron chi connectivity index (χ4n) is 17.6. The first-order valence-electron chi connectivity index (χ1n) is 35.3. The molecule has 582 valence electrons. The molecule has 7 saturated heterocycles. The Morgan fingerprint density at radius 3 is 1.39 bits per heavy atom. The summed E-state index contributed by atoms with van der Waals surface area (Å²) in [5, 5.41) is 90.4. The smallest absolute Gasteiger partial charge is 0.347 e. The highest BCUT2D eigenvalue weighted by atomic mass is 32.1. The molecule has 0 radical (unpaired) electrons. The van der Waals surface area contributed by atoms with Crippen molar-refractivity contribution in [1.29, 1.82) is 0 Å². The predicted octanol–water partition coefficient (Wildman–Crippen LogP) is 1.56. The van der Waals surface area contributed by atoms with Crippen LogP contribution in [-0.4, -0.2) is 290 Å². The fraction of sp³-hybridized carbons (Fsp3) is 0.554. The lowest BCUT2D eigenvalue weighted by atomic mass is 9.72. The van der Waals surface area contributed by atoms with Crippen LogP contribution in [0.4, 0.5) is 0 Å². The lowest BCUT2D eigenvalue weighted by molar-refractivity contribution is -0.249. The summed E-state index contributed by atoms with van der Waals surface area (Å²) in [6.45, 7) is 4.19. The van der Waals surface area contributed by atoms with E-state index in [1.54, 1.807) is 18.9 Å². The minimum Gasteiger partial charge on any atom is -0.507 e. The van der Waals surface area contributed by atoms with Crippen molar-refractivity contribution in [2.24, 2.45) is 0 Å². The van der Waals surface area contributed by atoms with Crippen molar-refractivity contribution in [2.75, 3.05) is 86.7 Å². The van der Waals surface area contributed by atoms with E-state index in [1.165, 1.54) is 57.7 Å². The summed E-state index contributed by atoms with van der Waals surface area (Å²) in [4.78, 5) is 132. The molecule has 34 heteroatoms. The zero-order valence-electron chi connectivity index (χ0n) is 59.2. The molecular formula is C74H87N5O28S. The van der Waals surface area contributed by atoms with Crippen LogP contribution < -0.4 is 9.47 Å². The number of thiol groups is 1. The zero-order valence-corrected chi connectivity index (χ0v) is 60.1. The number of hydrogen-bond acceptors (Lipinski definition) is 33. The van der Waals surface area contributed by atoms with E-state index in [-0.39, 0.29) is 120 Å². The highest BCUT2D eigenvalue weighted by molar-refractivity contribution is 7.80. The van der Waals surface area contributed by atoms with Crippen molar-refractivity contribution < 1.29 is 136 Å². The number of aromatic hydroxyl groups is 4. The van der Waals surface area contributed by atoms with Crippen molar-refractivity contribution in [3.8, 4) is 34.5 Å². The Kier molecular flexibility index (Phi) is 22.0. The number of fused-ring (bicyclic) bond motifs is 12. The van der Waals surface area contributed by atoms with Crippen LogP contribution in [0.2, 0.25) is 0 Å². The van der Waals surface area contributed by atoms with Crippen molar-refractivity contribution in [3.05, 3.63) is 103 Å². The third-order valence-corrected chi connectivity index (χ3v) is 22.9. The number of amides is 2. The van der Waals surface area contributed by atoms with Crippen LogP contribution >= 0.6 is 12.6 Å². The highest BCUT2D eigenvalue weighted by Gasteiger charge is 2.59. The van der Waals surface area contributed by atoms with Gasteiger partial charge in [0.25, 0.3) is 11.8 Å². The van der Waals surface area contributed by atoms with Gasteiger partial charge in [-0.2, -0.15) is 12.6 Å². The minimum absolute atomic E-state index is 0. The molecule has 4 aromatic rings. The maximum Gasteiger partial charge on any atom is 0.347 e. The number of benzene rings is 4. The molecule has 7 heterocycles. The van der Waals surface area contributed by atoms with Crippen LogP contribution in [-0.2, 0) is 79.5 Å². The maximum atomic E-state index is 14.0. The number of phenolic OH excluding ortho intramolecular Hbond substituents is 4. The summed E-state index contributed by atoms with van der Waals surface area (Å²) in [6.07, 6.45) is -9.56. The highest BCUT2D eigenvalue weighted by Crippen LogP contribution is 2.56. The number of ketones is 6. The number of Topliss-reactive ketones (excluding diaryl/α,β-unsaturated/α-hetero) is 2. The molecule has 0 spiro atoms. The molecule has 33 nitrogen and oxygen atoms in total. The first-order chi connectivity index (χ1) is 51.2. The van der Waals surface area contributed by atoms with Gasteiger partial charge in [-0.15, -0.1) is 5.06 Å². The van der Waals surface area contributed by atoms with E-state index in [1.807, 2.05) is 11.8 Å². The van der Waals surface area contributed by atoms with Gasteiger partial charge in [-0.25, -0.2) is 4.79 Å². The SMILES string of the molecule is C.COc1cccc2c1C(=O)c1c(O)c3c(c(O)c1C2=O)C[C@@](O)(C(=O)CO)C[C@@H]3O[C@H]1C[C@H]2[C@H](O[C@@H]3[C@@H](OC)N(CC(=O)ON4C(=O)CCC4=O)CCN32)[C@H](C)O1.COc1cccc2c1C(=O)c1c(O)c3c(c(O)c1C2=O)C[C@@](O)(C(=O)CO)C[C@@H]3O[C@H]1C[C@H]2[C@H](O[C@@H]3[C@@H](OC)N(CCCS)CCN32)[C@H](C)O1. The van der Waals surface area contributed by atoms with E-state index < -0.39 is 203 Å². The molecule has 15 rings (SSSR count). The molecule has 7 aliphatic heterocycles. The Morgan fingerprint density at radius 1 is 0.565 bits per heavy atom. The Balaban J connectivity index is 0.000000190. The number of carbonyl (C=O) groups is 9. The second kappa shape index (κ2) is 30.4. The normalized spacial score (nSPS) is 31.3. The monoisotopic (exact) mass is 1530 g/mol. The maximum absolute atomic E-state index is 14.0. The number of carbonyl (C=O) groups excluding carboxylic acids is 9. The molecule has 2 amide bonds. The lowest BCUT2D eigenvalue weighted by Crippen LogP contribution is -2.61. The third-order valence-electron chi connectivity index (χ3n) is 22.6. The minimum atomic E-state index is -2.31. The van der Waals surface area contributed by atoms with E-state index in [0.717, 1.165) is 25.3 Å². The molecule has 4 aliphatic carbocycles. The number of hydrogen-bond donors (Lipinski definition) is 9. The van der Waals surface area contributed by atoms with E-state index >= 15 is 0 Å². The van der Waals surface area contributed by atoms with Crippen LogP contribution in [0, 0.1) is 0 Å². The zero-order chi connectivity index (χ0) is 76.3. The largest absolute Gasteiger partial charge is 0.507 e. The molecule has 4 aromatic carbocycles. The summed E-state index contributed by atoms with van der Waals surface area (Å²) in [7, 11) is 5.77. The van der Waals surface area contributed by atoms with Crippen LogP contribution in [0.5, 0.6) is 34.5 Å². The second-order valence-corrected chi connectivity index (χ2v) is 28.9. The van der Waals surface area contributed by atoms with Gasteiger partial charge in [-0.05, 0) is 38.2 Å². The lowest BCUT2D eigenvalue weighted by Gasteiger charge is -2.45. The number of methoxy groups -OCH3 is 4. The number of imide groups is 1. The van der Waals surface area contributed by atoms with E-state index in [9.17, 15) is 84.0 Å². The van der Waals surface area contributed by atoms with E-state index in [4.69, 9.17) is 52.2 Å². The Bertz CT molecular complexity index is 4330. The number of aliphatic hydroxyl groups is 4. The van der Waals surface area contributed by atoms with Crippen LogP contribution in [0.3, 0.4) is 0 Å². The number of rotatable bonds is 18. The molecule has 0 unspecified atom stereocenters. The van der Waals surface area contributed by atoms with Crippen molar-refractivity contribution in [1.82, 2.24) is 24.7 Å².